The molecule has 0 aliphatic heterocycles. The van der Waals surface area contributed by atoms with E-state index in [4.69, 9.17) is 0 Å². The monoisotopic (exact) mass is 426 g/mol. The first-order valence-electron chi connectivity index (χ1n) is 9.83. The van der Waals surface area contributed by atoms with Crippen LogP contribution in [0.5, 0.6) is 0 Å². The molecule has 0 aromatic heterocycles. The molecule has 2 aromatic carbocycles. The highest BCUT2D eigenvalue weighted by atomic mass is 32.2. The highest BCUT2D eigenvalue weighted by molar-refractivity contribution is 7.95. The summed E-state index contributed by atoms with van der Waals surface area (Å²) in [5, 5.41) is 0. The molecule has 29 heavy (non-hydrogen) atoms. The average Bonchev–Trinajstić information content (AvgIpc) is 3.30. The zero-order valence-corrected chi connectivity index (χ0v) is 17.5. The van der Waals surface area contributed by atoms with Gasteiger partial charge in [0, 0.05) is 15.2 Å². The molecule has 6 heteroatoms. The molecule has 5 rings (SSSR count). The molecule has 0 bridgehead atoms. The van der Waals surface area contributed by atoms with Crippen LogP contribution in [0.3, 0.4) is 0 Å². The van der Waals surface area contributed by atoms with Gasteiger partial charge in [0.2, 0.25) is 19.7 Å². The van der Waals surface area contributed by atoms with Gasteiger partial charge in [-0.15, -0.1) is 0 Å². The Bertz CT molecular complexity index is 1150. The summed E-state index contributed by atoms with van der Waals surface area (Å²) < 4.78 is 52.7. The number of allylic oxidation sites excluding steroid dienone is 4. The first kappa shape index (κ1) is 18.8. The summed E-state index contributed by atoms with van der Waals surface area (Å²) in [6.45, 7) is 0. The van der Waals surface area contributed by atoms with Crippen LogP contribution in [0.25, 0.3) is 0 Å². The Labute approximate surface area is 171 Å². The number of hydrogen-bond acceptors (Lipinski definition) is 4. The Morgan fingerprint density at radius 2 is 1.07 bits per heavy atom. The summed E-state index contributed by atoms with van der Waals surface area (Å²) in [6, 6.07) is 17.0. The van der Waals surface area contributed by atoms with Gasteiger partial charge in [0.1, 0.15) is 0 Å². The zero-order chi connectivity index (χ0) is 20.3. The van der Waals surface area contributed by atoms with E-state index in [-0.39, 0.29) is 5.41 Å². The molecule has 0 spiro atoms. The van der Waals surface area contributed by atoms with Gasteiger partial charge in [-0.05, 0) is 55.4 Å². The van der Waals surface area contributed by atoms with Crippen LogP contribution in [0.15, 0.2) is 92.4 Å². The van der Waals surface area contributed by atoms with Crippen molar-refractivity contribution in [1.82, 2.24) is 0 Å². The molecule has 4 nitrogen and oxygen atoms in total. The van der Waals surface area contributed by atoms with Crippen molar-refractivity contribution in [3.05, 3.63) is 82.6 Å². The molecule has 0 amide bonds. The predicted molar refractivity (Wildman–Crippen MR) is 111 cm³/mol. The van der Waals surface area contributed by atoms with Crippen molar-refractivity contribution in [2.75, 3.05) is 0 Å². The minimum absolute atomic E-state index is 0.304. The van der Waals surface area contributed by atoms with E-state index in [1.54, 1.807) is 60.7 Å². The second-order valence-corrected chi connectivity index (χ2v) is 12.4. The topological polar surface area (TPSA) is 68.3 Å². The number of benzene rings is 2. The van der Waals surface area contributed by atoms with Crippen LogP contribution in [0.1, 0.15) is 32.1 Å². The summed E-state index contributed by atoms with van der Waals surface area (Å²) in [5.41, 5.74) is -0.803. The van der Waals surface area contributed by atoms with E-state index in [0.29, 0.717) is 32.4 Å². The van der Waals surface area contributed by atoms with E-state index in [1.807, 2.05) is 12.2 Å². The second kappa shape index (κ2) is 6.16. The van der Waals surface area contributed by atoms with Crippen molar-refractivity contribution in [3.63, 3.8) is 0 Å². The standard InChI is InChI=1S/C23H22O4S2/c24-28(25,18-8-3-1-4-9-18)20-14-22-12-7-13-23(22,15-20)17-21(16-22)29(26,27)19-10-5-2-6-11-19/h1-6,8-11,14,16H,7,12-13,15,17H2. The third kappa shape index (κ3) is 2.62. The lowest BCUT2D eigenvalue weighted by Gasteiger charge is -2.33. The fraction of sp³-hybridized carbons (Fsp3) is 0.304. The number of rotatable bonds is 4. The quantitative estimate of drug-likeness (QED) is 0.713. The van der Waals surface area contributed by atoms with E-state index in [2.05, 4.69) is 0 Å². The van der Waals surface area contributed by atoms with Gasteiger partial charge in [0.25, 0.3) is 0 Å². The van der Waals surface area contributed by atoms with Crippen molar-refractivity contribution < 1.29 is 16.8 Å². The van der Waals surface area contributed by atoms with Crippen LogP contribution in [-0.4, -0.2) is 16.8 Å². The van der Waals surface area contributed by atoms with Crippen LogP contribution in [-0.2, 0) is 19.7 Å². The lowest BCUT2D eigenvalue weighted by atomic mass is 9.70. The van der Waals surface area contributed by atoms with E-state index < -0.39 is 25.1 Å². The van der Waals surface area contributed by atoms with Crippen molar-refractivity contribution in [2.24, 2.45) is 10.8 Å². The number of sulfone groups is 2. The Morgan fingerprint density at radius 3 is 1.48 bits per heavy atom. The van der Waals surface area contributed by atoms with E-state index in [0.717, 1.165) is 19.3 Å². The molecule has 2 aromatic rings. The highest BCUT2D eigenvalue weighted by Gasteiger charge is 2.62. The van der Waals surface area contributed by atoms with Gasteiger partial charge in [0.15, 0.2) is 0 Å². The van der Waals surface area contributed by atoms with Crippen molar-refractivity contribution in [2.45, 2.75) is 41.9 Å². The molecule has 0 saturated heterocycles. The lowest BCUT2D eigenvalue weighted by molar-refractivity contribution is 0.215. The molecule has 0 radical (unpaired) electrons. The van der Waals surface area contributed by atoms with Gasteiger partial charge < -0.3 is 0 Å². The van der Waals surface area contributed by atoms with Gasteiger partial charge in [-0.25, -0.2) is 16.8 Å². The third-order valence-electron chi connectivity index (χ3n) is 6.89. The maximum Gasteiger partial charge on any atom is 0.202 e. The largest absolute Gasteiger partial charge is 0.219 e. The molecular weight excluding hydrogens is 404 g/mol. The minimum Gasteiger partial charge on any atom is -0.219 e. The van der Waals surface area contributed by atoms with Crippen LogP contribution in [0.2, 0.25) is 0 Å². The summed E-state index contributed by atoms with van der Waals surface area (Å²) in [7, 11) is -7.11. The Kier molecular flexibility index (Phi) is 4.00. The predicted octanol–water partition coefficient (Wildman–Crippen LogP) is 4.67. The fourth-order valence-electron chi connectivity index (χ4n) is 5.47. The Balaban J connectivity index is 1.59. The first-order chi connectivity index (χ1) is 13.8. The summed E-state index contributed by atoms with van der Waals surface area (Å²) >= 11 is 0. The fourth-order valence-corrected chi connectivity index (χ4v) is 8.77. The van der Waals surface area contributed by atoms with Gasteiger partial charge >= 0.3 is 0 Å². The van der Waals surface area contributed by atoms with Gasteiger partial charge in [0.05, 0.1) is 9.79 Å². The smallest absolute Gasteiger partial charge is 0.202 e. The van der Waals surface area contributed by atoms with Crippen molar-refractivity contribution in [3.8, 4) is 0 Å². The molecule has 0 unspecified atom stereocenters. The summed E-state index contributed by atoms with van der Waals surface area (Å²) in [6.07, 6.45) is 7.20. The van der Waals surface area contributed by atoms with Crippen LogP contribution in [0, 0.1) is 10.8 Å². The lowest BCUT2D eigenvalue weighted by Crippen LogP contribution is -2.26. The highest BCUT2D eigenvalue weighted by Crippen LogP contribution is 2.70. The average molecular weight is 427 g/mol. The Morgan fingerprint density at radius 1 is 0.621 bits per heavy atom. The normalized spacial score (nSPS) is 28.6. The van der Waals surface area contributed by atoms with E-state index in [9.17, 15) is 16.8 Å². The minimum atomic E-state index is -3.56. The molecule has 0 atom stereocenters. The maximum atomic E-state index is 13.2. The molecule has 150 valence electrons. The zero-order valence-electron chi connectivity index (χ0n) is 15.9. The van der Waals surface area contributed by atoms with Crippen LogP contribution < -0.4 is 0 Å². The van der Waals surface area contributed by atoms with Crippen LogP contribution in [0.4, 0.5) is 0 Å². The second-order valence-electron chi connectivity index (χ2n) is 8.38. The Hall–Kier alpha value is -2.18. The molecule has 3 aliphatic carbocycles. The van der Waals surface area contributed by atoms with Gasteiger partial charge in [-0.1, -0.05) is 55.0 Å². The maximum absolute atomic E-state index is 13.2. The van der Waals surface area contributed by atoms with Crippen molar-refractivity contribution in [1.29, 1.82) is 0 Å². The molecule has 0 N–H and O–H groups in total. The third-order valence-corrected chi connectivity index (χ3v) is 10.6. The molecule has 1 fully saturated rings. The van der Waals surface area contributed by atoms with E-state index >= 15 is 0 Å². The van der Waals surface area contributed by atoms with Gasteiger partial charge in [-0.2, -0.15) is 0 Å². The summed E-state index contributed by atoms with van der Waals surface area (Å²) in [5.74, 6) is 0. The molecule has 3 aliphatic rings. The molecule has 0 heterocycles. The van der Waals surface area contributed by atoms with E-state index in [1.165, 1.54) is 0 Å². The SMILES string of the molecule is O=S(=O)(C1=CC23C=C(S(=O)(=O)c4ccccc4)CC2(CCC3)C1)c1ccccc1. The molecule has 1 saturated carbocycles. The number of hydrogen-bond donors (Lipinski definition) is 0. The molecular formula is C23H22O4S2. The first-order valence-corrected chi connectivity index (χ1v) is 12.8. The van der Waals surface area contributed by atoms with Gasteiger partial charge in [-0.3, -0.25) is 0 Å². The van der Waals surface area contributed by atoms with Crippen molar-refractivity contribution >= 4 is 19.7 Å². The van der Waals surface area contributed by atoms with Crippen LogP contribution >= 0.6 is 0 Å². The summed E-state index contributed by atoms with van der Waals surface area (Å²) in [4.78, 5) is 1.49.